The van der Waals surface area contributed by atoms with Crippen molar-refractivity contribution in [3.8, 4) is 0 Å². The van der Waals surface area contributed by atoms with E-state index in [4.69, 9.17) is 11.6 Å². The fraction of sp³-hybridized carbons (Fsp3) is 0.500. The van der Waals surface area contributed by atoms with E-state index in [0.29, 0.717) is 16.8 Å². The molecule has 5 heteroatoms. The maximum Gasteiger partial charge on any atom is 0.221 e. The van der Waals surface area contributed by atoms with Crippen molar-refractivity contribution in [2.75, 3.05) is 23.7 Å². The normalized spacial score (nSPS) is 18.9. The highest BCUT2D eigenvalue weighted by Gasteiger charge is 2.12. The molecule has 2 rings (SSSR count). The van der Waals surface area contributed by atoms with Crippen LogP contribution in [0, 0.1) is 0 Å². The van der Waals surface area contributed by atoms with Crippen LogP contribution in [0.2, 0.25) is 5.02 Å². The van der Waals surface area contributed by atoms with E-state index in [0.717, 1.165) is 18.8 Å². The Kier molecular flexibility index (Phi) is 5.05. The third-order valence-corrected chi connectivity index (χ3v) is 3.56. The Morgan fingerprint density at radius 1 is 1.47 bits per heavy atom. The summed E-state index contributed by atoms with van der Waals surface area (Å²) in [5.41, 5.74) is 1.63. The number of rotatable bonds is 4. The first-order valence-electron chi connectivity index (χ1n) is 6.69. The van der Waals surface area contributed by atoms with Gasteiger partial charge < -0.3 is 16.0 Å². The Labute approximate surface area is 118 Å². The van der Waals surface area contributed by atoms with Crippen LogP contribution in [0.15, 0.2) is 18.2 Å². The van der Waals surface area contributed by atoms with Crippen LogP contribution in [-0.2, 0) is 4.79 Å². The van der Waals surface area contributed by atoms with Gasteiger partial charge in [0.25, 0.3) is 0 Å². The fourth-order valence-corrected chi connectivity index (χ4v) is 2.48. The Hall–Kier alpha value is -1.26. The number of piperidine rings is 1. The summed E-state index contributed by atoms with van der Waals surface area (Å²) < 4.78 is 0. The molecule has 3 N–H and O–H groups in total. The summed E-state index contributed by atoms with van der Waals surface area (Å²) in [5.74, 6) is -0.117. The zero-order chi connectivity index (χ0) is 13.7. The zero-order valence-corrected chi connectivity index (χ0v) is 11.9. The highest BCUT2D eigenvalue weighted by atomic mass is 35.5. The molecule has 1 amide bonds. The molecule has 104 valence electrons. The van der Waals surface area contributed by atoms with Gasteiger partial charge in [-0.3, -0.25) is 4.79 Å². The topological polar surface area (TPSA) is 53.2 Å². The number of amides is 1. The largest absolute Gasteiger partial charge is 0.383 e. The molecule has 1 saturated heterocycles. The van der Waals surface area contributed by atoms with Gasteiger partial charge in [0.1, 0.15) is 0 Å². The first-order chi connectivity index (χ1) is 9.15. The van der Waals surface area contributed by atoms with Gasteiger partial charge in [-0.25, -0.2) is 0 Å². The first kappa shape index (κ1) is 14.2. The van der Waals surface area contributed by atoms with Gasteiger partial charge in [0.15, 0.2) is 0 Å². The zero-order valence-electron chi connectivity index (χ0n) is 11.1. The summed E-state index contributed by atoms with van der Waals surface area (Å²) in [5, 5.41) is 10.1. The van der Waals surface area contributed by atoms with Crippen molar-refractivity contribution in [1.82, 2.24) is 5.32 Å². The number of carbonyl (C=O) groups is 1. The second-order valence-electron chi connectivity index (χ2n) is 4.90. The van der Waals surface area contributed by atoms with Crippen molar-refractivity contribution < 1.29 is 4.79 Å². The number of benzene rings is 1. The molecular formula is C14H20ClN3O. The van der Waals surface area contributed by atoms with Gasteiger partial charge in [-0.1, -0.05) is 18.0 Å². The summed E-state index contributed by atoms with van der Waals surface area (Å²) in [6.07, 6.45) is 3.78. The summed E-state index contributed by atoms with van der Waals surface area (Å²) >= 11 is 6.12. The Balaban J connectivity index is 1.90. The molecule has 1 atom stereocenters. The smallest absolute Gasteiger partial charge is 0.221 e. The van der Waals surface area contributed by atoms with Gasteiger partial charge in [0.2, 0.25) is 5.91 Å². The Morgan fingerprint density at radius 3 is 2.95 bits per heavy atom. The van der Waals surface area contributed by atoms with Crippen LogP contribution in [0.25, 0.3) is 0 Å². The highest BCUT2D eigenvalue weighted by molar-refractivity contribution is 6.34. The lowest BCUT2D eigenvalue weighted by atomic mass is 10.1. The predicted octanol–water partition coefficient (Wildman–Crippen LogP) is 2.85. The van der Waals surface area contributed by atoms with E-state index in [1.54, 1.807) is 0 Å². The van der Waals surface area contributed by atoms with E-state index in [1.165, 1.54) is 26.2 Å². The van der Waals surface area contributed by atoms with Crippen molar-refractivity contribution in [3.63, 3.8) is 0 Å². The molecule has 0 aliphatic carbocycles. The van der Waals surface area contributed by atoms with Gasteiger partial charge in [-0.15, -0.1) is 0 Å². The molecule has 1 fully saturated rings. The second kappa shape index (κ2) is 6.78. The van der Waals surface area contributed by atoms with Gasteiger partial charge in [-0.05, 0) is 37.6 Å². The summed E-state index contributed by atoms with van der Waals surface area (Å²) in [4.78, 5) is 11.0. The van der Waals surface area contributed by atoms with E-state index in [1.807, 2.05) is 18.2 Å². The van der Waals surface area contributed by atoms with Crippen molar-refractivity contribution >= 4 is 28.9 Å². The number of halogens is 1. The van der Waals surface area contributed by atoms with Gasteiger partial charge in [0.05, 0.1) is 10.7 Å². The number of hydrogen-bond donors (Lipinski definition) is 3. The van der Waals surface area contributed by atoms with Crippen molar-refractivity contribution in [2.45, 2.75) is 32.2 Å². The molecule has 1 aromatic carbocycles. The van der Waals surface area contributed by atoms with Gasteiger partial charge >= 0.3 is 0 Å². The molecule has 19 heavy (non-hydrogen) atoms. The summed E-state index contributed by atoms with van der Waals surface area (Å²) in [7, 11) is 0. The molecule has 0 saturated carbocycles. The molecule has 1 aliphatic heterocycles. The second-order valence-corrected chi connectivity index (χ2v) is 5.31. The minimum absolute atomic E-state index is 0.117. The number of carbonyl (C=O) groups excluding carboxylic acids is 1. The average molecular weight is 282 g/mol. The van der Waals surface area contributed by atoms with E-state index in [2.05, 4.69) is 16.0 Å². The Bertz CT molecular complexity index is 444. The molecule has 0 aromatic heterocycles. The molecule has 1 heterocycles. The van der Waals surface area contributed by atoms with Crippen LogP contribution in [0.3, 0.4) is 0 Å². The molecule has 1 aliphatic rings. The highest BCUT2D eigenvalue weighted by Crippen LogP contribution is 2.25. The van der Waals surface area contributed by atoms with Gasteiger partial charge in [0, 0.05) is 25.2 Å². The third-order valence-electron chi connectivity index (χ3n) is 3.24. The van der Waals surface area contributed by atoms with Crippen molar-refractivity contribution in [3.05, 3.63) is 23.2 Å². The lowest BCUT2D eigenvalue weighted by Crippen LogP contribution is -2.39. The van der Waals surface area contributed by atoms with E-state index in [-0.39, 0.29) is 5.91 Å². The molecule has 0 radical (unpaired) electrons. The number of nitrogens with one attached hydrogen (secondary N) is 3. The van der Waals surface area contributed by atoms with E-state index < -0.39 is 0 Å². The fourth-order valence-electron chi connectivity index (χ4n) is 2.26. The molecule has 0 spiro atoms. The van der Waals surface area contributed by atoms with Gasteiger partial charge in [-0.2, -0.15) is 0 Å². The van der Waals surface area contributed by atoms with Crippen LogP contribution >= 0.6 is 11.6 Å². The SMILES string of the molecule is CC(=O)Nc1ccc(NCC2CCCCN2)cc1Cl. The van der Waals surface area contributed by atoms with Crippen molar-refractivity contribution in [1.29, 1.82) is 0 Å². The third kappa shape index (κ3) is 4.40. The van der Waals surface area contributed by atoms with Crippen LogP contribution in [0.4, 0.5) is 11.4 Å². The van der Waals surface area contributed by atoms with Crippen LogP contribution < -0.4 is 16.0 Å². The molecule has 1 aromatic rings. The van der Waals surface area contributed by atoms with Crippen LogP contribution in [-0.4, -0.2) is 25.0 Å². The van der Waals surface area contributed by atoms with Crippen molar-refractivity contribution in [2.24, 2.45) is 0 Å². The maximum atomic E-state index is 11.0. The lowest BCUT2D eigenvalue weighted by Gasteiger charge is -2.24. The molecule has 4 nitrogen and oxygen atoms in total. The Morgan fingerprint density at radius 2 is 2.32 bits per heavy atom. The number of hydrogen-bond acceptors (Lipinski definition) is 3. The number of anilines is 2. The average Bonchev–Trinajstić information content (AvgIpc) is 2.40. The summed E-state index contributed by atoms with van der Waals surface area (Å²) in [6.45, 7) is 3.47. The summed E-state index contributed by atoms with van der Waals surface area (Å²) in [6, 6.07) is 6.12. The first-order valence-corrected chi connectivity index (χ1v) is 7.07. The maximum absolute atomic E-state index is 11.0. The standard InChI is InChI=1S/C14H20ClN3O/c1-10(19)18-14-6-5-11(8-13(14)15)17-9-12-4-2-3-7-16-12/h5-6,8,12,16-17H,2-4,7,9H2,1H3,(H,18,19). The lowest BCUT2D eigenvalue weighted by molar-refractivity contribution is -0.114. The minimum Gasteiger partial charge on any atom is -0.383 e. The molecule has 1 unspecified atom stereocenters. The molecule has 0 bridgehead atoms. The monoisotopic (exact) mass is 281 g/mol. The quantitative estimate of drug-likeness (QED) is 0.795. The van der Waals surface area contributed by atoms with Crippen LogP contribution in [0.1, 0.15) is 26.2 Å². The van der Waals surface area contributed by atoms with E-state index in [9.17, 15) is 4.79 Å². The van der Waals surface area contributed by atoms with E-state index >= 15 is 0 Å². The molecular weight excluding hydrogens is 262 g/mol. The minimum atomic E-state index is -0.117. The van der Waals surface area contributed by atoms with Crippen LogP contribution in [0.5, 0.6) is 0 Å². The predicted molar refractivity (Wildman–Crippen MR) is 79.9 cm³/mol.